The van der Waals surface area contributed by atoms with E-state index in [1.165, 1.54) is 19.2 Å². The molecule has 0 aromatic heterocycles. The Balaban J connectivity index is 2.58. The van der Waals surface area contributed by atoms with Gasteiger partial charge in [-0.2, -0.15) is 0 Å². The van der Waals surface area contributed by atoms with Crippen LogP contribution in [0, 0.1) is 0 Å². The lowest BCUT2D eigenvalue weighted by Gasteiger charge is -2.09. The molecule has 6 nitrogen and oxygen atoms in total. The standard InChI is InChI=1S/C12H19BrN2O4S/c1-18-6-5-14-3-4-15-20(16,17)12-8-10(13)7-11(9-12)19-2/h7-9,14-15H,3-6H2,1-2H3. The minimum Gasteiger partial charge on any atom is -0.497 e. The molecule has 0 heterocycles. The summed E-state index contributed by atoms with van der Waals surface area (Å²) in [6, 6.07) is 4.71. The molecule has 2 N–H and O–H groups in total. The topological polar surface area (TPSA) is 76.7 Å². The average Bonchev–Trinajstić information content (AvgIpc) is 2.42. The van der Waals surface area contributed by atoms with Gasteiger partial charge in [-0.05, 0) is 12.1 Å². The van der Waals surface area contributed by atoms with Crippen LogP contribution in [0.5, 0.6) is 5.75 Å². The molecule has 0 fully saturated rings. The minimum atomic E-state index is -3.54. The molecule has 1 aromatic carbocycles. The van der Waals surface area contributed by atoms with E-state index in [1.807, 2.05) is 0 Å². The Bertz CT molecular complexity index is 522. The third kappa shape index (κ3) is 5.76. The van der Waals surface area contributed by atoms with Gasteiger partial charge in [0.2, 0.25) is 10.0 Å². The number of halogens is 1. The fourth-order valence-corrected chi connectivity index (χ4v) is 3.18. The lowest BCUT2D eigenvalue weighted by Crippen LogP contribution is -2.33. The van der Waals surface area contributed by atoms with Crippen molar-refractivity contribution in [2.45, 2.75) is 4.90 Å². The summed E-state index contributed by atoms with van der Waals surface area (Å²) in [5.41, 5.74) is 0. The number of sulfonamides is 1. The van der Waals surface area contributed by atoms with Gasteiger partial charge < -0.3 is 14.8 Å². The molecule has 1 rings (SSSR count). The lowest BCUT2D eigenvalue weighted by molar-refractivity contribution is 0.199. The Labute approximate surface area is 128 Å². The maximum atomic E-state index is 12.1. The SMILES string of the molecule is COCCNCCNS(=O)(=O)c1cc(Br)cc(OC)c1. The van der Waals surface area contributed by atoms with Gasteiger partial charge in [0.25, 0.3) is 0 Å². The molecule has 0 amide bonds. The van der Waals surface area contributed by atoms with Crippen LogP contribution in [0.1, 0.15) is 0 Å². The van der Waals surface area contributed by atoms with Crippen molar-refractivity contribution >= 4 is 26.0 Å². The summed E-state index contributed by atoms with van der Waals surface area (Å²) in [6.45, 7) is 2.12. The molecule has 0 atom stereocenters. The van der Waals surface area contributed by atoms with Crippen LogP contribution in [-0.2, 0) is 14.8 Å². The average molecular weight is 367 g/mol. The van der Waals surface area contributed by atoms with Gasteiger partial charge in [0.05, 0.1) is 18.6 Å². The van der Waals surface area contributed by atoms with E-state index < -0.39 is 10.0 Å². The van der Waals surface area contributed by atoms with E-state index in [1.54, 1.807) is 13.2 Å². The number of nitrogens with one attached hydrogen (secondary N) is 2. The Morgan fingerprint density at radius 1 is 1.15 bits per heavy atom. The summed E-state index contributed by atoms with van der Waals surface area (Å²) in [6.07, 6.45) is 0. The van der Waals surface area contributed by atoms with Crippen LogP contribution < -0.4 is 14.8 Å². The Morgan fingerprint density at radius 2 is 1.90 bits per heavy atom. The van der Waals surface area contributed by atoms with Crippen LogP contribution in [0.15, 0.2) is 27.6 Å². The Kier molecular flexibility index (Phi) is 7.46. The van der Waals surface area contributed by atoms with Crippen molar-refractivity contribution in [2.24, 2.45) is 0 Å². The molecular formula is C12H19BrN2O4S. The second-order valence-electron chi connectivity index (χ2n) is 3.97. The lowest BCUT2D eigenvalue weighted by atomic mass is 10.3. The van der Waals surface area contributed by atoms with E-state index in [2.05, 4.69) is 26.0 Å². The molecular weight excluding hydrogens is 348 g/mol. The third-order valence-electron chi connectivity index (χ3n) is 2.47. The van der Waals surface area contributed by atoms with Crippen molar-refractivity contribution < 1.29 is 17.9 Å². The molecule has 20 heavy (non-hydrogen) atoms. The minimum absolute atomic E-state index is 0.167. The van der Waals surface area contributed by atoms with E-state index >= 15 is 0 Å². The molecule has 0 radical (unpaired) electrons. The predicted octanol–water partition coefficient (Wildman–Crippen LogP) is 0.972. The molecule has 8 heteroatoms. The van der Waals surface area contributed by atoms with Crippen LogP contribution in [0.2, 0.25) is 0 Å². The first-order chi connectivity index (χ1) is 9.49. The first kappa shape index (κ1) is 17.4. The van der Waals surface area contributed by atoms with E-state index in [0.717, 1.165) is 0 Å². The molecule has 0 spiro atoms. The molecule has 0 saturated carbocycles. The van der Waals surface area contributed by atoms with Crippen molar-refractivity contribution in [1.29, 1.82) is 0 Å². The number of ether oxygens (including phenoxy) is 2. The Hall–Kier alpha value is -0.670. The van der Waals surface area contributed by atoms with Gasteiger partial charge in [0, 0.05) is 37.3 Å². The van der Waals surface area contributed by atoms with E-state index in [0.29, 0.717) is 36.5 Å². The van der Waals surface area contributed by atoms with Crippen molar-refractivity contribution in [3.05, 3.63) is 22.7 Å². The van der Waals surface area contributed by atoms with Crippen molar-refractivity contribution in [2.75, 3.05) is 40.5 Å². The molecule has 0 aliphatic heterocycles. The van der Waals surface area contributed by atoms with Gasteiger partial charge in [-0.1, -0.05) is 15.9 Å². The van der Waals surface area contributed by atoms with Crippen LogP contribution in [0.4, 0.5) is 0 Å². The zero-order valence-electron chi connectivity index (χ0n) is 11.5. The molecule has 0 bridgehead atoms. The van der Waals surface area contributed by atoms with Gasteiger partial charge in [0.1, 0.15) is 5.75 Å². The van der Waals surface area contributed by atoms with Gasteiger partial charge in [0.15, 0.2) is 0 Å². The zero-order chi connectivity index (χ0) is 15.0. The van der Waals surface area contributed by atoms with Crippen LogP contribution in [0.3, 0.4) is 0 Å². The van der Waals surface area contributed by atoms with E-state index in [-0.39, 0.29) is 4.90 Å². The first-order valence-electron chi connectivity index (χ1n) is 6.03. The highest BCUT2D eigenvalue weighted by Gasteiger charge is 2.15. The monoisotopic (exact) mass is 366 g/mol. The highest BCUT2D eigenvalue weighted by atomic mass is 79.9. The fraction of sp³-hybridized carbons (Fsp3) is 0.500. The molecule has 0 unspecified atom stereocenters. The van der Waals surface area contributed by atoms with Crippen LogP contribution >= 0.6 is 15.9 Å². The largest absolute Gasteiger partial charge is 0.497 e. The van der Waals surface area contributed by atoms with Gasteiger partial charge in [-0.15, -0.1) is 0 Å². The summed E-state index contributed by atoms with van der Waals surface area (Å²) in [4.78, 5) is 0.167. The number of methoxy groups -OCH3 is 2. The number of rotatable bonds is 9. The summed E-state index contributed by atoms with van der Waals surface area (Å²) in [5.74, 6) is 0.484. The van der Waals surface area contributed by atoms with Crippen molar-refractivity contribution in [1.82, 2.24) is 10.0 Å². The van der Waals surface area contributed by atoms with Crippen molar-refractivity contribution in [3.8, 4) is 5.75 Å². The summed E-state index contributed by atoms with van der Waals surface area (Å²) >= 11 is 3.26. The van der Waals surface area contributed by atoms with Gasteiger partial charge >= 0.3 is 0 Å². The summed E-state index contributed by atoms with van der Waals surface area (Å²) in [7, 11) is -0.432. The highest BCUT2D eigenvalue weighted by Crippen LogP contribution is 2.23. The first-order valence-corrected chi connectivity index (χ1v) is 8.31. The predicted molar refractivity (Wildman–Crippen MR) is 80.6 cm³/mol. The molecule has 1 aromatic rings. The van der Waals surface area contributed by atoms with Gasteiger partial charge in [-0.25, -0.2) is 13.1 Å². The normalized spacial score (nSPS) is 11.6. The smallest absolute Gasteiger partial charge is 0.240 e. The second-order valence-corrected chi connectivity index (χ2v) is 6.65. The maximum absolute atomic E-state index is 12.1. The molecule has 0 saturated heterocycles. The van der Waals surface area contributed by atoms with E-state index in [9.17, 15) is 8.42 Å². The summed E-state index contributed by atoms with van der Waals surface area (Å²) in [5, 5.41) is 3.06. The number of benzene rings is 1. The summed E-state index contributed by atoms with van der Waals surface area (Å²) < 4.78 is 37.3. The third-order valence-corrected chi connectivity index (χ3v) is 4.37. The number of hydrogen-bond acceptors (Lipinski definition) is 5. The fourth-order valence-electron chi connectivity index (χ4n) is 1.47. The van der Waals surface area contributed by atoms with Crippen molar-refractivity contribution in [3.63, 3.8) is 0 Å². The van der Waals surface area contributed by atoms with Crippen LogP contribution in [0.25, 0.3) is 0 Å². The molecule has 0 aliphatic rings. The Morgan fingerprint density at radius 3 is 2.55 bits per heavy atom. The van der Waals surface area contributed by atoms with E-state index in [4.69, 9.17) is 9.47 Å². The quantitative estimate of drug-likeness (QED) is 0.637. The second kappa shape index (κ2) is 8.58. The highest BCUT2D eigenvalue weighted by molar-refractivity contribution is 9.10. The van der Waals surface area contributed by atoms with Gasteiger partial charge in [-0.3, -0.25) is 0 Å². The van der Waals surface area contributed by atoms with Crippen LogP contribution in [-0.4, -0.2) is 48.9 Å². The number of hydrogen-bond donors (Lipinski definition) is 2. The zero-order valence-corrected chi connectivity index (χ0v) is 13.9. The maximum Gasteiger partial charge on any atom is 0.240 e. The molecule has 114 valence electrons. The molecule has 0 aliphatic carbocycles.